The van der Waals surface area contributed by atoms with Crippen LogP contribution in [0.4, 0.5) is 0 Å². The molecule has 0 atom stereocenters. The van der Waals surface area contributed by atoms with Gasteiger partial charge in [0.2, 0.25) is 11.7 Å². The Balaban J connectivity index is 2.12. The average molecular weight is 421 g/mol. The maximum Gasteiger partial charge on any atom is 0.269 e. The molecule has 0 saturated heterocycles. The lowest BCUT2D eigenvalue weighted by Crippen LogP contribution is -2.42. The van der Waals surface area contributed by atoms with E-state index in [4.69, 9.17) is 25.8 Å². The largest absolute Gasteiger partial charge is 0.490 e. The van der Waals surface area contributed by atoms with E-state index in [1.807, 2.05) is 20.8 Å². The molecular weight excluding hydrogens is 396 g/mol. The van der Waals surface area contributed by atoms with E-state index in [9.17, 15) is 9.59 Å². The molecule has 2 rings (SSSR count). The van der Waals surface area contributed by atoms with Crippen molar-refractivity contribution >= 4 is 23.4 Å². The van der Waals surface area contributed by atoms with Gasteiger partial charge in [0, 0.05) is 10.6 Å². The minimum atomic E-state index is -0.512. The summed E-state index contributed by atoms with van der Waals surface area (Å²) >= 11 is 6.05. The van der Waals surface area contributed by atoms with E-state index in [1.54, 1.807) is 36.4 Å². The number of rotatable bonds is 9. The fraction of sp³-hybridized carbons (Fsp3) is 0.333. The second-order valence-corrected chi connectivity index (χ2v) is 6.28. The number of ether oxygens (including phenoxy) is 3. The molecule has 0 aliphatic heterocycles. The molecule has 0 aromatic heterocycles. The molecular formula is C21H25ClN2O5. The van der Waals surface area contributed by atoms with Gasteiger partial charge >= 0.3 is 0 Å². The fourth-order valence-corrected chi connectivity index (χ4v) is 2.78. The van der Waals surface area contributed by atoms with Gasteiger partial charge in [-0.3, -0.25) is 20.4 Å². The molecule has 0 aliphatic carbocycles. The highest BCUT2D eigenvalue weighted by Gasteiger charge is 2.19. The van der Waals surface area contributed by atoms with Gasteiger partial charge in [-0.15, -0.1) is 0 Å². The molecule has 8 heteroatoms. The van der Waals surface area contributed by atoms with Gasteiger partial charge in [0.25, 0.3) is 5.91 Å². The summed E-state index contributed by atoms with van der Waals surface area (Å²) in [4.78, 5) is 24.7. The maximum atomic E-state index is 12.5. The predicted octanol–water partition coefficient (Wildman–Crippen LogP) is 3.54. The van der Waals surface area contributed by atoms with Crippen LogP contribution in [0.25, 0.3) is 0 Å². The van der Waals surface area contributed by atoms with Crippen LogP contribution in [-0.4, -0.2) is 31.6 Å². The topological polar surface area (TPSA) is 85.9 Å². The van der Waals surface area contributed by atoms with Crippen molar-refractivity contribution in [3.63, 3.8) is 0 Å². The second kappa shape index (κ2) is 11.2. The molecule has 2 N–H and O–H groups in total. The molecule has 156 valence electrons. The SMILES string of the molecule is CCOc1cc(C(=O)NNC(=O)Cc2ccccc2Cl)cc(OCC)c1OCC. The molecule has 0 radical (unpaired) electrons. The van der Waals surface area contributed by atoms with Crippen molar-refractivity contribution in [1.82, 2.24) is 10.9 Å². The lowest BCUT2D eigenvalue weighted by molar-refractivity contribution is -0.121. The first kappa shape index (κ1) is 22.4. The zero-order valence-corrected chi connectivity index (χ0v) is 17.5. The van der Waals surface area contributed by atoms with E-state index in [0.29, 0.717) is 47.7 Å². The van der Waals surface area contributed by atoms with Gasteiger partial charge in [-0.05, 0) is 44.5 Å². The number of nitrogens with one attached hydrogen (secondary N) is 2. The zero-order valence-electron chi connectivity index (χ0n) is 16.7. The number of carbonyl (C=O) groups excluding carboxylic acids is 2. The van der Waals surface area contributed by atoms with Gasteiger partial charge in [0.15, 0.2) is 11.5 Å². The number of hydrogen-bond donors (Lipinski definition) is 2. The second-order valence-electron chi connectivity index (χ2n) is 5.87. The monoisotopic (exact) mass is 420 g/mol. The molecule has 0 unspecified atom stereocenters. The Labute approximate surface area is 175 Å². The Morgan fingerprint density at radius 3 is 2.03 bits per heavy atom. The summed E-state index contributed by atoms with van der Waals surface area (Å²) in [5.74, 6) is 0.325. The molecule has 0 bridgehead atoms. The van der Waals surface area contributed by atoms with Crippen LogP contribution in [0, 0.1) is 0 Å². The van der Waals surface area contributed by atoms with E-state index in [2.05, 4.69) is 10.9 Å². The Morgan fingerprint density at radius 2 is 1.48 bits per heavy atom. The molecule has 0 saturated carbocycles. The Bertz CT molecular complexity index is 830. The standard InChI is InChI=1S/C21H25ClN2O5/c1-4-27-17-11-15(12-18(28-5-2)20(17)29-6-3)21(26)24-23-19(25)13-14-9-7-8-10-16(14)22/h7-12H,4-6,13H2,1-3H3,(H,23,25)(H,24,26). The van der Waals surface area contributed by atoms with Crippen LogP contribution in [0.2, 0.25) is 5.02 Å². The van der Waals surface area contributed by atoms with Gasteiger partial charge < -0.3 is 14.2 Å². The number of amides is 2. The molecule has 29 heavy (non-hydrogen) atoms. The smallest absolute Gasteiger partial charge is 0.269 e. The number of hydrazine groups is 1. The summed E-state index contributed by atoms with van der Waals surface area (Å²) in [5, 5.41) is 0.489. The highest BCUT2D eigenvalue weighted by molar-refractivity contribution is 6.31. The summed E-state index contributed by atoms with van der Waals surface area (Å²) in [6, 6.07) is 10.1. The van der Waals surface area contributed by atoms with Crippen molar-refractivity contribution in [2.75, 3.05) is 19.8 Å². The van der Waals surface area contributed by atoms with Crippen molar-refractivity contribution in [3.05, 3.63) is 52.5 Å². The van der Waals surface area contributed by atoms with Gasteiger partial charge in [0.05, 0.1) is 26.2 Å². The van der Waals surface area contributed by atoms with E-state index >= 15 is 0 Å². The van der Waals surface area contributed by atoms with Crippen LogP contribution in [0.1, 0.15) is 36.7 Å². The summed E-state index contributed by atoms with van der Waals surface area (Å²) in [7, 11) is 0. The van der Waals surface area contributed by atoms with Crippen LogP contribution < -0.4 is 25.1 Å². The quantitative estimate of drug-likeness (QED) is 0.606. The zero-order chi connectivity index (χ0) is 21.2. The minimum Gasteiger partial charge on any atom is -0.490 e. The third-order valence-electron chi connectivity index (χ3n) is 3.80. The first-order valence-corrected chi connectivity index (χ1v) is 9.76. The summed E-state index contributed by atoms with van der Waals surface area (Å²) in [6.07, 6.45) is 0.0393. The molecule has 0 heterocycles. The van der Waals surface area contributed by atoms with E-state index in [-0.39, 0.29) is 12.0 Å². The molecule has 2 aromatic carbocycles. The van der Waals surface area contributed by atoms with Crippen LogP contribution in [0.5, 0.6) is 17.2 Å². The predicted molar refractivity (Wildman–Crippen MR) is 111 cm³/mol. The van der Waals surface area contributed by atoms with Crippen molar-refractivity contribution in [2.45, 2.75) is 27.2 Å². The van der Waals surface area contributed by atoms with Gasteiger partial charge in [-0.2, -0.15) is 0 Å². The number of benzene rings is 2. The van der Waals surface area contributed by atoms with Crippen LogP contribution in [0.15, 0.2) is 36.4 Å². The number of halogens is 1. The lowest BCUT2D eigenvalue weighted by atomic mass is 10.1. The van der Waals surface area contributed by atoms with Crippen molar-refractivity contribution in [1.29, 1.82) is 0 Å². The number of hydrogen-bond acceptors (Lipinski definition) is 5. The van der Waals surface area contributed by atoms with Crippen LogP contribution in [-0.2, 0) is 11.2 Å². The lowest BCUT2D eigenvalue weighted by Gasteiger charge is -2.17. The van der Waals surface area contributed by atoms with Gasteiger partial charge in [0.1, 0.15) is 0 Å². The van der Waals surface area contributed by atoms with E-state index in [1.165, 1.54) is 0 Å². The van der Waals surface area contributed by atoms with Crippen molar-refractivity contribution < 1.29 is 23.8 Å². The fourth-order valence-electron chi connectivity index (χ4n) is 2.58. The Morgan fingerprint density at radius 1 is 0.897 bits per heavy atom. The summed E-state index contributed by atoms with van der Waals surface area (Å²) in [5.41, 5.74) is 5.71. The molecule has 2 aromatic rings. The molecule has 0 fully saturated rings. The maximum absolute atomic E-state index is 12.5. The van der Waals surface area contributed by atoms with Crippen LogP contribution in [0.3, 0.4) is 0 Å². The first-order chi connectivity index (χ1) is 14.0. The van der Waals surface area contributed by atoms with Crippen LogP contribution >= 0.6 is 11.6 Å². The van der Waals surface area contributed by atoms with E-state index < -0.39 is 11.8 Å². The Hall–Kier alpha value is -2.93. The third-order valence-corrected chi connectivity index (χ3v) is 4.16. The molecule has 0 aliphatic rings. The van der Waals surface area contributed by atoms with Crippen molar-refractivity contribution in [3.8, 4) is 17.2 Å². The summed E-state index contributed by atoms with van der Waals surface area (Å²) < 4.78 is 16.8. The molecule has 0 spiro atoms. The van der Waals surface area contributed by atoms with Gasteiger partial charge in [-0.25, -0.2) is 0 Å². The highest BCUT2D eigenvalue weighted by atomic mass is 35.5. The first-order valence-electron chi connectivity index (χ1n) is 9.39. The average Bonchev–Trinajstić information content (AvgIpc) is 2.70. The van der Waals surface area contributed by atoms with Gasteiger partial charge in [-0.1, -0.05) is 29.8 Å². The third kappa shape index (κ3) is 6.29. The minimum absolute atomic E-state index is 0.0393. The van der Waals surface area contributed by atoms with E-state index in [0.717, 1.165) is 0 Å². The summed E-state index contributed by atoms with van der Waals surface area (Å²) in [6.45, 7) is 6.72. The van der Waals surface area contributed by atoms with Crippen molar-refractivity contribution in [2.24, 2.45) is 0 Å². The normalized spacial score (nSPS) is 10.2. The molecule has 7 nitrogen and oxygen atoms in total. The highest BCUT2D eigenvalue weighted by Crippen LogP contribution is 2.39. The molecule has 2 amide bonds. The number of carbonyl (C=O) groups is 2. The Kier molecular flexibility index (Phi) is 8.61.